The zero-order valence-corrected chi connectivity index (χ0v) is 19.4. The number of nitro benzene ring substituents is 1. The Morgan fingerprint density at radius 2 is 1.48 bits per heavy atom. The van der Waals surface area contributed by atoms with Crippen LogP contribution in [-0.4, -0.2) is 19.8 Å². The van der Waals surface area contributed by atoms with Gasteiger partial charge < -0.3 is 10.2 Å². The van der Waals surface area contributed by atoms with Crippen molar-refractivity contribution in [3.63, 3.8) is 0 Å². The van der Waals surface area contributed by atoms with E-state index in [1.54, 1.807) is 12.1 Å². The van der Waals surface area contributed by atoms with Gasteiger partial charge in [0.05, 0.1) is 4.92 Å². The summed E-state index contributed by atoms with van der Waals surface area (Å²) in [5, 5.41) is 13.4. The largest absolute Gasteiger partial charge is 0.407 e. The molecule has 0 amide bonds. The first kappa shape index (κ1) is 22.7. The fourth-order valence-electron chi connectivity index (χ4n) is 4.19. The minimum Gasteiger partial charge on any atom is -0.407 e. The van der Waals surface area contributed by atoms with Crippen LogP contribution in [0.25, 0.3) is 0 Å². The molecule has 5 nitrogen and oxygen atoms in total. The summed E-state index contributed by atoms with van der Waals surface area (Å²) in [4.78, 5) is 10.5. The molecule has 0 saturated heterocycles. The Kier molecular flexibility index (Phi) is 6.93. The number of hydrogen-bond donors (Lipinski definition) is 1. The Bertz CT molecular complexity index is 978. The minimum absolute atomic E-state index is 0.0488. The van der Waals surface area contributed by atoms with Gasteiger partial charge in [-0.1, -0.05) is 87.5 Å². The van der Waals surface area contributed by atoms with Crippen molar-refractivity contribution in [1.29, 1.82) is 0 Å². The minimum atomic E-state index is -2.54. The van der Waals surface area contributed by atoms with E-state index in [1.165, 1.54) is 16.4 Å². The Hall–Kier alpha value is -2.96. The van der Waals surface area contributed by atoms with E-state index in [-0.39, 0.29) is 16.4 Å². The number of nitrogens with zero attached hydrogens (tertiary/aromatic N) is 1. The van der Waals surface area contributed by atoms with Crippen molar-refractivity contribution < 1.29 is 9.35 Å². The van der Waals surface area contributed by atoms with Crippen molar-refractivity contribution in [3.05, 3.63) is 94.5 Å². The molecule has 3 rings (SSSR count). The van der Waals surface area contributed by atoms with Crippen LogP contribution < -0.4 is 16.1 Å². The molecule has 0 atom stereocenters. The van der Waals surface area contributed by atoms with E-state index >= 15 is 0 Å². The maximum Gasteiger partial charge on any atom is 0.292 e. The standard InChI is InChI=1S/C25H30N2O3Si/c1-25(2,3)31(21-12-6-4-7-13-21,22-14-8-5-9-15-22)30-18-10-11-20-16-17-24(27(28)29)23(26)19-20/h4-9,12-17,19H,10-11,18,26H2,1-3H3. The van der Waals surface area contributed by atoms with E-state index in [2.05, 4.69) is 69.3 Å². The lowest BCUT2D eigenvalue weighted by Crippen LogP contribution is -2.66. The topological polar surface area (TPSA) is 78.4 Å². The van der Waals surface area contributed by atoms with Crippen molar-refractivity contribution in [2.75, 3.05) is 12.3 Å². The second-order valence-electron chi connectivity index (χ2n) is 8.77. The molecule has 0 bridgehead atoms. The fraction of sp³-hybridized carbons (Fsp3) is 0.280. The average Bonchev–Trinajstić information content (AvgIpc) is 2.74. The van der Waals surface area contributed by atoms with Gasteiger partial charge >= 0.3 is 0 Å². The molecule has 0 unspecified atom stereocenters. The molecule has 2 N–H and O–H groups in total. The van der Waals surface area contributed by atoms with Gasteiger partial charge in [-0.2, -0.15) is 0 Å². The van der Waals surface area contributed by atoms with Crippen LogP contribution in [0.5, 0.6) is 0 Å². The van der Waals surface area contributed by atoms with Crippen LogP contribution in [0.15, 0.2) is 78.9 Å². The third-order valence-corrected chi connectivity index (χ3v) is 10.7. The predicted molar refractivity (Wildman–Crippen MR) is 129 cm³/mol. The molecule has 3 aromatic carbocycles. The van der Waals surface area contributed by atoms with Gasteiger partial charge in [-0.3, -0.25) is 10.1 Å². The first-order chi connectivity index (χ1) is 14.8. The summed E-state index contributed by atoms with van der Waals surface area (Å²) < 4.78 is 6.88. The van der Waals surface area contributed by atoms with E-state index < -0.39 is 13.2 Å². The molecule has 3 aromatic rings. The van der Waals surface area contributed by atoms with Gasteiger partial charge in [0.15, 0.2) is 0 Å². The SMILES string of the molecule is CC(C)(C)[Si](OCCCc1ccc([N+](=O)[O-])c(N)c1)(c1ccccc1)c1ccccc1. The number of anilines is 1. The van der Waals surface area contributed by atoms with E-state index in [1.807, 2.05) is 12.1 Å². The summed E-state index contributed by atoms with van der Waals surface area (Å²) >= 11 is 0. The maximum absolute atomic E-state index is 11.0. The Morgan fingerprint density at radius 1 is 0.935 bits per heavy atom. The highest BCUT2D eigenvalue weighted by Gasteiger charge is 2.49. The molecular weight excluding hydrogens is 404 g/mol. The molecule has 0 aliphatic carbocycles. The number of nitrogens with two attached hydrogens (primary N) is 1. The Labute approximate surface area is 185 Å². The number of rotatable bonds is 8. The third-order valence-electron chi connectivity index (χ3n) is 5.63. The number of nitro groups is 1. The van der Waals surface area contributed by atoms with Crippen molar-refractivity contribution in [1.82, 2.24) is 0 Å². The summed E-state index contributed by atoms with van der Waals surface area (Å²) in [7, 11) is -2.54. The van der Waals surface area contributed by atoms with Gasteiger partial charge in [0.1, 0.15) is 5.69 Å². The summed E-state index contributed by atoms with van der Waals surface area (Å²) in [5.41, 5.74) is 6.97. The number of aryl methyl sites for hydroxylation is 1. The summed E-state index contributed by atoms with van der Waals surface area (Å²) in [6, 6.07) is 26.1. The quantitative estimate of drug-likeness (QED) is 0.183. The average molecular weight is 435 g/mol. The van der Waals surface area contributed by atoms with E-state index in [0.717, 1.165) is 18.4 Å². The maximum atomic E-state index is 11.0. The molecule has 0 aromatic heterocycles. The molecule has 0 saturated carbocycles. The van der Waals surface area contributed by atoms with Crippen molar-refractivity contribution >= 4 is 30.1 Å². The van der Waals surface area contributed by atoms with E-state index in [0.29, 0.717) is 6.61 Å². The van der Waals surface area contributed by atoms with Gasteiger partial charge in [0, 0.05) is 12.7 Å². The number of benzene rings is 3. The highest BCUT2D eigenvalue weighted by molar-refractivity contribution is 6.99. The summed E-state index contributed by atoms with van der Waals surface area (Å²) in [5.74, 6) is 0. The van der Waals surface area contributed by atoms with Crippen LogP contribution in [0.1, 0.15) is 32.8 Å². The van der Waals surface area contributed by atoms with Gasteiger partial charge in [-0.05, 0) is 39.9 Å². The third kappa shape index (κ3) is 4.86. The van der Waals surface area contributed by atoms with Crippen LogP contribution in [-0.2, 0) is 10.8 Å². The van der Waals surface area contributed by atoms with Crippen LogP contribution in [0, 0.1) is 10.1 Å². The van der Waals surface area contributed by atoms with Gasteiger partial charge in [0.2, 0.25) is 0 Å². The van der Waals surface area contributed by atoms with Gasteiger partial charge in [-0.25, -0.2) is 0 Å². The lowest BCUT2D eigenvalue weighted by Gasteiger charge is -2.43. The molecule has 6 heteroatoms. The second kappa shape index (κ2) is 9.45. The number of nitrogen functional groups attached to an aromatic ring is 1. The van der Waals surface area contributed by atoms with Gasteiger partial charge in [-0.15, -0.1) is 0 Å². The summed E-state index contributed by atoms with van der Waals surface area (Å²) in [6.45, 7) is 7.38. The monoisotopic (exact) mass is 434 g/mol. The van der Waals surface area contributed by atoms with E-state index in [9.17, 15) is 10.1 Å². The second-order valence-corrected chi connectivity index (χ2v) is 13.1. The molecule has 0 radical (unpaired) electrons. The first-order valence-electron chi connectivity index (χ1n) is 10.5. The lowest BCUT2D eigenvalue weighted by atomic mass is 10.1. The van der Waals surface area contributed by atoms with Crippen LogP contribution >= 0.6 is 0 Å². The smallest absolute Gasteiger partial charge is 0.292 e. The van der Waals surface area contributed by atoms with E-state index in [4.69, 9.17) is 10.2 Å². The molecule has 0 aliphatic heterocycles. The molecular formula is C25H30N2O3Si. The van der Waals surface area contributed by atoms with Gasteiger partial charge in [0.25, 0.3) is 14.0 Å². The van der Waals surface area contributed by atoms with Crippen molar-refractivity contribution in [2.45, 2.75) is 38.7 Å². The molecule has 31 heavy (non-hydrogen) atoms. The molecule has 162 valence electrons. The normalized spacial score (nSPS) is 12.0. The molecule has 0 spiro atoms. The zero-order valence-electron chi connectivity index (χ0n) is 18.4. The summed E-state index contributed by atoms with van der Waals surface area (Å²) in [6.07, 6.45) is 1.56. The van der Waals surface area contributed by atoms with Crippen molar-refractivity contribution in [2.24, 2.45) is 0 Å². The Balaban J connectivity index is 1.83. The Morgan fingerprint density at radius 3 is 1.94 bits per heavy atom. The molecule has 0 fully saturated rings. The van der Waals surface area contributed by atoms with Crippen LogP contribution in [0.4, 0.5) is 11.4 Å². The predicted octanol–water partition coefficient (Wildman–Crippen LogP) is 4.69. The highest BCUT2D eigenvalue weighted by atomic mass is 28.4. The zero-order chi connectivity index (χ0) is 22.5. The number of hydrogen-bond acceptors (Lipinski definition) is 4. The van der Waals surface area contributed by atoms with Crippen LogP contribution in [0.3, 0.4) is 0 Å². The van der Waals surface area contributed by atoms with Crippen LogP contribution in [0.2, 0.25) is 5.04 Å². The van der Waals surface area contributed by atoms with Crippen molar-refractivity contribution in [3.8, 4) is 0 Å². The molecule has 0 aliphatic rings. The highest BCUT2D eigenvalue weighted by Crippen LogP contribution is 2.36. The lowest BCUT2D eigenvalue weighted by molar-refractivity contribution is -0.383. The first-order valence-corrected chi connectivity index (χ1v) is 12.4. The molecule has 0 heterocycles. The fourth-order valence-corrected chi connectivity index (χ4v) is 8.79.